The smallest absolute Gasteiger partial charge is 0.321 e. The van der Waals surface area contributed by atoms with Gasteiger partial charge in [0.15, 0.2) is 5.82 Å². The van der Waals surface area contributed by atoms with Crippen molar-refractivity contribution in [2.75, 3.05) is 38.2 Å². The highest BCUT2D eigenvalue weighted by Crippen LogP contribution is 2.37. The van der Waals surface area contributed by atoms with Crippen LogP contribution in [0.1, 0.15) is 74.6 Å². The molecule has 2 fully saturated rings. The number of ether oxygens (including phenoxy) is 1. The highest BCUT2D eigenvalue weighted by molar-refractivity contribution is 6.02. The van der Waals surface area contributed by atoms with Crippen molar-refractivity contribution in [3.05, 3.63) is 28.8 Å². The number of nitrogens with one attached hydrogen (secondary N) is 2. The van der Waals surface area contributed by atoms with Gasteiger partial charge in [-0.1, -0.05) is 12.6 Å². The summed E-state index contributed by atoms with van der Waals surface area (Å²) in [6.07, 6.45) is 2.23. The van der Waals surface area contributed by atoms with Crippen LogP contribution in [0, 0.1) is 12.8 Å². The molecule has 2 aromatic rings. The Morgan fingerprint density at radius 1 is 1.14 bits per heavy atom. The van der Waals surface area contributed by atoms with E-state index < -0.39 is 5.91 Å². The predicted molar refractivity (Wildman–Crippen MR) is 135 cm³/mol. The number of fused-ring (bicyclic) bond motifs is 1. The Bertz CT molecular complexity index is 1080. The number of anilines is 1. The maximum atomic E-state index is 13.7. The van der Waals surface area contributed by atoms with Crippen molar-refractivity contribution in [2.45, 2.75) is 72.6 Å². The van der Waals surface area contributed by atoms with E-state index in [1.54, 1.807) is 13.0 Å². The highest BCUT2D eigenvalue weighted by Gasteiger charge is 2.41. The second kappa shape index (κ2) is 10.6. The molecule has 0 aromatic carbocycles. The van der Waals surface area contributed by atoms with Crippen LogP contribution in [-0.2, 0) is 11.3 Å². The molecule has 0 saturated carbocycles. The fourth-order valence-electron chi connectivity index (χ4n) is 5.47. The summed E-state index contributed by atoms with van der Waals surface area (Å²) >= 11 is 0. The van der Waals surface area contributed by atoms with Crippen molar-refractivity contribution in [3.63, 3.8) is 0 Å². The van der Waals surface area contributed by atoms with E-state index in [0.29, 0.717) is 36.6 Å². The van der Waals surface area contributed by atoms with E-state index in [1.165, 1.54) is 0 Å². The van der Waals surface area contributed by atoms with E-state index in [1.807, 2.05) is 16.7 Å². The molecule has 36 heavy (non-hydrogen) atoms. The molecule has 0 bridgehead atoms. The number of rotatable bonds is 4. The number of amides is 3. The summed E-state index contributed by atoms with van der Waals surface area (Å²) in [5.74, 6) is 0.801. The summed E-state index contributed by atoms with van der Waals surface area (Å²) in [6.45, 7) is 12.8. The lowest BCUT2D eigenvalue weighted by molar-refractivity contribution is 0.0127. The van der Waals surface area contributed by atoms with Gasteiger partial charge in [0.25, 0.3) is 5.91 Å². The fraction of sp³-hybridized carbons (Fsp3) is 0.680. The van der Waals surface area contributed by atoms with Crippen molar-refractivity contribution in [3.8, 4) is 0 Å². The second-order valence-electron chi connectivity index (χ2n) is 10.2. The van der Waals surface area contributed by atoms with Crippen LogP contribution in [0.4, 0.5) is 10.6 Å². The summed E-state index contributed by atoms with van der Waals surface area (Å²) in [5.41, 5.74) is 2.31. The lowest BCUT2D eigenvalue weighted by Crippen LogP contribution is -2.60. The summed E-state index contributed by atoms with van der Waals surface area (Å²) in [7, 11) is 0. The molecule has 2 N–H and O–H groups in total. The largest absolute Gasteiger partial charge is 0.381 e. The number of aryl methyl sites for hydroxylation is 1. The van der Waals surface area contributed by atoms with Crippen molar-refractivity contribution >= 4 is 17.8 Å². The Hall–Kier alpha value is -2.92. The van der Waals surface area contributed by atoms with Gasteiger partial charge in [0, 0.05) is 56.6 Å². The van der Waals surface area contributed by atoms with E-state index in [0.717, 1.165) is 50.4 Å². The second-order valence-corrected chi connectivity index (χ2v) is 10.2. The third kappa shape index (κ3) is 4.99. The third-order valence-electron chi connectivity index (χ3n) is 7.64. The van der Waals surface area contributed by atoms with Crippen LogP contribution in [-0.4, -0.2) is 86.9 Å². The van der Waals surface area contributed by atoms with Gasteiger partial charge in [-0.25, -0.2) is 4.79 Å². The number of H-pyrrole nitrogens is 1. The molecular formula is C25H39N7O4. The molecule has 0 spiro atoms. The zero-order chi connectivity index (χ0) is 24.7. The molecule has 3 amide bonds. The lowest BCUT2D eigenvalue weighted by Gasteiger charge is -2.46. The van der Waals surface area contributed by atoms with Crippen LogP contribution in [0.25, 0.3) is 0 Å². The van der Waals surface area contributed by atoms with Gasteiger partial charge in [-0.15, -0.1) is 0 Å². The predicted octanol–water partition coefficient (Wildman–Crippen LogP) is 3.41. The number of hydrogen-bond donors (Lipinski definition) is 2. The number of aromatic amines is 1. The zero-order valence-corrected chi connectivity index (χ0v) is 20.9. The molecule has 5 heterocycles. The quantitative estimate of drug-likeness (QED) is 0.659. The van der Waals surface area contributed by atoms with E-state index in [9.17, 15) is 9.59 Å². The van der Waals surface area contributed by atoms with Gasteiger partial charge in [0.05, 0.1) is 24.0 Å². The van der Waals surface area contributed by atoms with Gasteiger partial charge in [-0.3, -0.25) is 14.8 Å². The molecule has 11 heteroatoms. The number of hydrogen-bond acceptors (Lipinski definition) is 7. The third-order valence-corrected chi connectivity index (χ3v) is 7.64. The minimum atomic E-state index is -0.416. The zero-order valence-electron chi connectivity index (χ0n) is 20.9. The van der Waals surface area contributed by atoms with Crippen LogP contribution in [0.5, 0.6) is 0 Å². The molecule has 2 aromatic heterocycles. The molecule has 1 unspecified atom stereocenters. The maximum absolute atomic E-state index is 13.7. The summed E-state index contributed by atoms with van der Waals surface area (Å²) < 4.78 is 10.6. The minimum absolute atomic E-state index is 0. The van der Waals surface area contributed by atoms with Gasteiger partial charge in [0.1, 0.15) is 0 Å². The van der Waals surface area contributed by atoms with E-state index in [4.69, 9.17) is 9.26 Å². The number of urea groups is 1. The molecule has 198 valence electrons. The molecular weight excluding hydrogens is 462 g/mol. The van der Waals surface area contributed by atoms with Gasteiger partial charge in [-0.05, 0) is 46.5 Å². The molecule has 0 radical (unpaired) electrons. The molecule has 2 saturated heterocycles. The Kier molecular flexibility index (Phi) is 7.70. The van der Waals surface area contributed by atoms with Gasteiger partial charge < -0.3 is 24.4 Å². The van der Waals surface area contributed by atoms with Crippen molar-refractivity contribution in [1.29, 1.82) is 0 Å². The molecule has 5 rings (SSSR count). The first-order valence-corrected chi connectivity index (χ1v) is 12.5. The SMILES string of the molecule is C.Cc1cc(C(=O)Nc2n[nH]c3c2CN(C(=O)N2C[C@@H](C)N(CC4CCOCC4)C[C@@H]2C)C3C)on1. The first-order valence-electron chi connectivity index (χ1n) is 12.5. The average molecular weight is 502 g/mol. The van der Waals surface area contributed by atoms with Crippen LogP contribution in [0.3, 0.4) is 0 Å². The summed E-state index contributed by atoms with van der Waals surface area (Å²) in [6, 6.07) is 1.86. The van der Waals surface area contributed by atoms with Crippen LogP contribution < -0.4 is 5.32 Å². The Balaban J connectivity index is 0.00000304. The minimum Gasteiger partial charge on any atom is -0.381 e. The first kappa shape index (κ1) is 26.2. The van der Waals surface area contributed by atoms with Crippen molar-refractivity contribution < 1.29 is 18.8 Å². The van der Waals surface area contributed by atoms with Crippen LogP contribution >= 0.6 is 0 Å². The molecule has 0 aliphatic carbocycles. The molecule has 11 nitrogen and oxygen atoms in total. The van der Waals surface area contributed by atoms with E-state index in [-0.39, 0.29) is 31.3 Å². The van der Waals surface area contributed by atoms with Gasteiger partial charge >= 0.3 is 6.03 Å². The molecule has 3 aliphatic heterocycles. The number of carbonyl (C=O) groups excluding carboxylic acids is 2. The number of nitrogens with zero attached hydrogens (tertiary/aromatic N) is 5. The van der Waals surface area contributed by atoms with E-state index in [2.05, 4.69) is 39.4 Å². The standard InChI is InChI=1S/C24H35N7O4.CH4/c1-14-9-20(35-28-14)23(32)25-22-19-13-31(17(4)21(19)26-27-22)24(33)30-11-15(2)29(10-16(30)3)12-18-5-7-34-8-6-18;/h9,15-18H,5-8,10-13H2,1-4H3,(H2,25,26,27,32);1H4/t15-,16+,17?;/m1./s1. The molecule has 3 aliphatic rings. The number of aromatic nitrogens is 3. The maximum Gasteiger partial charge on any atom is 0.321 e. The van der Waals surface area contributed by atoms with Crippen LogP contribution in [0.2, 0.25) is 0 Å². The summed E-state index contributed by atoms with van der Waals surface area (Å²) in [5, 5.41) is 13.8. The fourth-order valence-corrected chi connectivity index (χ4v) is 5.47. The van der Waals surface area contributed by atoms with Gasteiger partial charge in [-0.2, -0.15) is 5.10 Å². The van der Waals surface area contributed by atoms with Crippen molar-refractivity contribution in [2.24, 2.45) is 5.92 Å². The van der Waals surface area contributed by atoms with Crippen LogP contribution in [0.15, 0.2) is 10.6 Å². The van der Waals surface area contributed by atoms with E-state index >= 15 is 0 Å². The number of carbonyl (C=O) groups is 2. The topological polar surface area (TPSA) is 120 Å². The molecule has 3 atom stereocenters. The summed E-state index contributed by atoms with van der Waals surface area (Å²) in [4.78, 5) is 32.6. The normalized spacial score (nSPS) is 24.9. The lowest BCUT2D eigenvalue weighted by atomic mass is 9.97. The average Bonchev–Trinajstić information content (AvgIpc) is 3.53. The number of piperazine rings is 1. The van der Waals surface area contributed by atoms with Crippen molar-refractivity contribution in [1.82, 2.24) is 30.1 Å². The Morgan fingerprint density at radius 3 is 2.58 bits per heavy atom. The monoisotopic (exact) mass is 501 g/mol. The Labute approximate surface area is 212 Å². The first-order chi connectivity index (χ1) is 16.8. The Morgan fingerprint density at radius 2 is 1.89 bits per heavy atom. The highest BCUT2D eigenvalue weighted by atomic mass is 16.5. The van der Waals surface area contributed by atoms with Gasteiger partial charge in [0.2, 0.25) is 5.76 Å².